The number of carboxylic acids is 1. The van der Waals surface area contributed by atoms with Crippen LogP contribution in [0.2, 0.25) is 10.0 Å². The van der Waals surface area contributed by atoms with E-state index in [0.717, 1.165) is 17.7 Å². The van der Waals surface area contributed by atoms with E-state index in [1.54, 1.807) is 41.3 Å². The summed E-state index contributed by atoms with van der Waals surface area (Å²) in [6.45, 7) is 2.17. The van der Waals surface area contributed by atoms with Gasteiger partial charge in [-0.15, -0.1) is 0 Å². The van der Waals surface area contributed by atoms with E-state index >= 15 is 0 Å². The first kappa shape index (κ1) is 29.2. The summed E-state index contributed by atoms with van der Waals surface area (Å²) >= 11 is 12.5. The van der Waals surface area contributed by atoms with Gasteiger partial charge in [0, 0.05) is 27.6 Å². The summed E-state index contributed by atoms with van der Waals surface area (Å²) in [5.41, 5.74) is 0.958. The van der Waals surface area contributed by atoms with Gasteiger partial charge in [-0.3, -0.25) is 9.69 Å². The summed E-state index contributed by atoms with van der Waals surface area (Å²) in [7, 11) is 1.44. The van der Waals surface area contributed by atoms with Crippen LogP contribution in [0.5, 0.6) is 5.75 Å². The van der Waals surface area contributed by atoms with E-state index in [0.29, 0.717) is 57.4 Å². The first-order valence-corrected chi connectivity index (χ1v) is 13.1. The number of hydrogen-bond acceptors (Lipinski definition) is 4. The van der Waals surface area contributed by atoms with E-state index in [-0.39, 0.29) is 13.0 Å². The van der Waals surface area contributed by atoms with Crippen molar-refractivity contribution in [2.45, 2.75) is 50.6 Å². The molecule has 2 N–H and O–H groups in total. The number of hydrogen-bond donors (Lipinski definition) is 2. The number of alkyl halides is 3. The van der Waals surface area contributed by atoms with Gasteiger partial charge >= 0.3 is 12.1 Å². The molecule has 0 aliphatic heterocycles. The fourth-order valence-electron chi connectivity index (χ4n) is 5.05. The quantitative estimate of drug-likeness (QED) is 0.248. The summed E-state index contributed by atoms with van der Waals surface area (Å²) < 4.78 is 46.7. The number of aliphatic carboxylic acids is 1. The van der Waals surface area contributed by atoms with Crippen LogP contribution in [0.4, 0.5) is 13.2 Å². The molecule has 0 spiro atoms. The van der Waals surface area contributed by atoms with Crippen LogP contribution in [0.1, 0.15) is 42.0 Å². The van der Waals surface area contributed by atoms with E-state index in [1.807, 2.05) is 6.92 Å². The average molecular weight is 582 g/mol. The third kappa shape index (κ3) is 6.19. The van der Waals surface area contributed by atoms with Crippen molar-refractivity contribution < 1.29 is 32.9 Å². The van der Waals surface area contributed by atoms with Gasteiger partial charge in [0.15, 0.2) is 0 Å². The molecule has 1 atom stereocenters. The summed E-state index contributed by atoms with van der Waals surface area (Å²) in [4.78, 5) is 13.0. The van der Waals surface area contributed by atoms with E-state index in [2.05, 4.69) is 0 Å². The number of ether oxygens (including phenoxy) is 1. The van der Waals surface area contributed by atoms with Crippen LogP contribution in [0.25, 0.3) is 11.1 Å². The maximum atomic E-state index is 13.8. The number of halogens is 5. The normalized spacial score (nSPS) is 15.3. The van der Waals surface area contributed by atoms with Crippen molar-refractivity contribution in [3.8, 4) is 16.9 Å². The topological polar surface area (TPSA) is 70.0 Å². The first-order chi connectivity index (χ1) is 18.4. The van der Waals surface area contributed by atoms with Gasteiger partial charge in [-0.05, 0) is 78.0 Å². The van der Waals surface area contributed by atoms with Crippen molar-refractivity contribution in [2.24, 2.45) is 0 Å². The third-order valence-corrected chi connectivity index (χ3v) is 7.77. The maximum Gasteiger partial charge on any atom is 0.416 e. The number of benzene rings is 3. The Kier molecular flexibility index (Phi) is 8.52. The molecule has 208 valence electrons. The molecule has 0 radical (unpaired) electrons. The molecule has 3 aromatic carbocycles. The van der Waals surface area contributed by atoms with Gasteiger partial charge in [0.1, 0.15) is 12.0 Å². The molecule has 3 aromatic rings. The molecule has 0 heterocycles. The zero-order chi connectivity index (χ0) is 28.5. The van der Waals surface area contributed by atoms with Crippen LogP contribution in [-0.4, -0.2) is 41.0 Å². The van der Waals surface area contributed by atoms with Gasteiger partial charge in [0.2, 0.25) is 0 Å². The molecule has 0 amide bonds. The Labute approximate surface area is 234 Å². The number of carbonyl (C=O) groups is 1. The fraction of sp³-hybridized carbons (Fsp3) is 0.345. The van der Waals surface area contributed by atoms with Crippen molar-refractivity contribution in [3.05, 3.63) is 86.9 Å². The molecule has 1 unspecified atom stereocenters. The summed E-state index contributed by atoms with van der Waals surface area (Å²) in [5, 5.41) is 21.7. The second-order valence-electron chi connectivity index (χ2n) is 9.69. The molecule has 1 saturated carbocycles. The lowest BCUT2D eigenvalue weighted by Gasteiger charge is -2.34. The van der Waals surface area contributed by atoms with Crippen molar-refractivity contribution in [1.82, 2.24) is 4.90 Å². The van der Waals surface area contributed by atoms with Crippen molar-refractivity contribution in [2.75, 3.05) is 13.7 Å². The van der Waals surface area contributed by atoms with E-state index in [1.165, 1.54) is 13.2 Å². The van der Waals surface area contributed by atoms with E-state index in [9.17, 15) is 28.2 Å². The Bertz CT molecular complexity index is 1380. The smallest absolute Gasteiger partial charge is 0.416 e. The Morgan fingerprint density at radius 3 is 2.36 bits per heavy atom. The van der Waals surface area contributed by atoms with Gasteiger partial charge < -0.3 is 14.9 Å². The van der Waals surface area contributed by atoms with E-state index < -0.39 is 29.4 Å². The van der Waals surface area contributed by atoms with Crippen molar-refractivity contribution in [1.29, 1.82) is 0 Å². The highest BCUT2D eigenvalue weighted by atomic mass is 35.5. The summed E-state index contributed by atoms with van der Waals surface area (Å²) in [6, 6.07) is 13.3. The van der Waals surface area contributed by atoms with Crippen LogP contribution < -0.4 is 4.74 Å². The minimum atomic E-state index is -4.58. The monoisotopic (exact) mass is 581 g/mol. The molecule has 39 heavy (non-hydrogen) atoms. The number of nitrogens with zero attached hydrogens (tertiary/aromatic N) is 1. The minimum absolute atomic E-state index is 0.00378. The Balaban J connectivity index is 1.78. The van der Waals surface area contributed by atoms with Gasteiger partial charge in [-0.1, -0.05) is 48.3 Å². The molecule has 4 rings (SSSR count). The van der Waals surface area contributed by atoms with Gasteiger partial charge in [-0.2, -0.15) is 13.2 Å². The zero-order valence-electron chi connectivity index (χ0n) is 21.4. The predicted molar refractivity (Wildman–Crippen MR) is 144 cm³/mol. The third-order valence-electron chi connectivity index (χ3n) is 7.22. The van der Waals surface area contributed by atoms with Crippen molar-refractivity contribution in [3.63, 3.8) is 0 Å². The molecule has 5 nitrogen and oxygen atoms in total. The molecule has 1 aliphatic carbocycles. The van der Waals surface area contributed by atoms with Crippen LogP contribution in [0.15, 0.2) is 54.6 Å². The van der Waals surface area contributed by atoms with E-state index in [4.69, 9.17) is 27.9 Å². The van der Waals surface area contributed by atoms with Crippen molar-refractivity contribution >= 4 is 29.2 Å². The largest absolute Gasteiger partial charge is 0.496 e. The number of aliphatic hydroxyl groups excluding tert-OH is 1. The lowest BCUT2D eigenvalue weighted by molar-refractivity contribution is -0.138. The fourth-order valence-corrected chi connectivity index (χ4v) is 5.64. The molecule has 0 bridgehead atoms. The molecule has 1 aliphatic rings. The molecule has 0 aromatic heterocycles. The Hall–Kier alpha value is -2.78. The molecule has 10 heteroatoms. The molecule has 0 saturated heterocycles. The van der Waals surface area contributed by atoms with Crippen LogP contribution >= 0.6 is 23.2 Å². The lowest BCUT2D eigenvalue weighted by atomic mass is 9.91. The lowest BCUT2D eigenvalue weighted by Crippen LogP contribution is -2.43. The van der Waals surface area contributed by atoms with Gasteiger partial charge in [0.25, 0.3) is 0 Å². The highest BCUT2D eigenvalue weighted by molar-refractivity contribution is 6.35. The average Bonchev–Trinajstić information content (AvgIpc) is 3.67. The van der Waals surface area contributed by atoms with Crippen LogP contribution in [-0.2, 0) is 29.4 Å². The number of likely N-dealkylation sites (N-methyl/N-ethyl adjacent to an activating group) is 1. The highest BCUT2D eigenvalue weighted by Crippen LogP contribution is 2.54. The molecular formula is C29H28Cl2F3NO4. The summed E-state index contributed by atoms with van der Waals surface area (Å²) in [6.07, 6.45) is -4.54. The van der Waals surface area contributed by atoms with Gasteiger partial charge in [0.05, 0.1) is 19.1 Å². The Morgan fingerprint density at radius 1 is 1.08 bits per heavy atom. The maximum absolute atomic E-state index is 13.8. The number of aliphatic hydroxyl groups is 1. The summed E-state index contributed by atoms with van der Waals surface area (Å²) in [5.74, 6) is -0.644. The predicted octanol–water partition coefficient (Wildman–Crippen LogP) is 7.19. The second kappa shape index (κ2) is 11.4. The number of rotatable bonds is 10. The van der Waals surface area contributed by atoms with Crippen LogP contribution in [0.3, 0.4) is 0 Å². The SMILES string of the molecule is CCN(Cc1cc(C(F)(F)F)ccc1-c1cc(CC(=O)O)ccc1OC)C(O)C1(c2ccc(Cl)cc2Cl)CC1. The van der Waals surface area contributed by atoms with Gasteiger partial charge in [-0.25, -0.2) is 0 Å². The van der Waals surface area contributed by atoms with Crippen LogP contribution in [0, 0.1) is 0 Å². The standard InChI is InChI=1S/C29H28Cl2F3NO4/c1-3-35(27(38)28(10-11-28)23-8-6-20(30)15-24(23)31)16-18-14-19(29(32,33)34)5-7-21(18)22-12-17(13-26(36)37)4-9-25(22)39-2/h4-9,12,14-15,27,38H,3,10-11,13,16H2,1-2H3,(H,36,37). The zero-order valence-corrected chi connectivity index (χ0v) is 22.9. The number of carboxylic acid groups (broad SMARTS) is 1. The minimum Gasteiger partial charge on any atom is -0.496 e. The second-order valence-corrected chi connectivity index (χ2v) is 10.5. The first-order valence-electron chi connectivity index (χ1n) is 12.4. The highest BCUT2D eigenvalue weighted by Gasteiger charge is 2.53. The molecular weight excluding hydrogens is 554 g/mol. The Morgan fingerprint density at radius 2 is 1.79 bits per heavy atom. The molecule has 1 fully saturated rings. The number of methoxy groups -OCH3 is 1.